The van der Waals surface area contributed by atoms with Crippen LogP contribution in [0.2, 0.25) is 0 Å². The Labute approximate surface area is 201 Å². The van der Waals surface area contributed by atoms with E-state index in [2.05, 4.69) is 20.7 Å². The van der Waals surface area contributed by atoms with Crippen molar-refractivity contribution in [1.29, 1.82) is 0 Å². The van der Waals surface area contributed by atoms with E-state index in [4.69, 9.17) is 4.74 Å². The Balaban J connectivity index is 1.65. The number of thiophene rings is 1. The molecule has 3 N–H and O–H groups in total. The Morgan fingerprint density at radius 2 is 2.00 bits per heavy atom. The lowest BCUT2D eigenvalue weighted by molar-refractivity contribution is -0.113. The molecule has 1 amide bonds. The number of ether oxygens (including phenoxy) is 1. The van der Waals surface area contributed by atoms with Gasteiger partial charge in [-0.2, -0.15) is 10.1 Å². The number of aromatic nitrogens is 3. The third-order valence-electron chi connectivity index (χ3n) is 5.50. The minimum Gasteiger partial charge on any atom is -0.462 e. The fraction of sp³-hybridized carbons (Fsp3) is 0.333. The van der Waals surface area contributed by atoms with Gasteiger partial charge >= 0.3 is 5.97 Å². The fourth-order valence-corrected chi connectivity index (χ4v) is 4.86. The van der Waals surface area contributed by atoms with Crippen LogP contribution in [-0.4, -0.2) is 45.0 Å². The third-order valence-corrected chi connectivity index (χ3v) is 6.57. The zero-order chi connectivity index (χ0) is 24.2. The molecular formula is C24H27N5O4S. The molecule has 9 nitrogen and oxygen atoms in total. The summed E-state index contributed by atoms with van der Waals surface area (Å²) in [5.74, 6) is 0.502. The maximum atomic E-state index is 13.5. The average molecular weight is 482 g/mol. The first-order chi connectivity index (χ1) is 16.4. The van der Waals surface area contributed by atoms with E-state index < -0.39 is 12.0 Å². The molecule has 1 atom stereocenters. The number of carbonyl (C=O) groups is 2. The molecule has 3 heterocycles. The van der Waals surface area contributed by atoms with Crippen LogP contribution in [-0.2, 0) is 16.0 Å². The maximum absolute atomic E-state index is 13.5. The van der Waals surface area contributed by atoms with E-state index in [1.54, 1.807) is 47.2 Å². The van der Waals surface area contributed by atoms with Gasteiger partial charge in [0.2, 0.25) is 5.95 Å². The van der Waals surface area contributed by atoms with E-state index in [9.17, 15) is 14.7 Å². The van der Waals surface area contributed by atoms with Gasteiger partial charge in [0.05, 0.1) is 17.7 Å². The lowest BCUT2D eigenvalue weighted by Crippen LogP contribution is -2.31. The van der Waals surface area contributed by atoms with Crippen LogP contribution in [0.1, 0.15) is 52.9 Å². The summed E-state index contributed by atoms with van der Waals surface area (Å²) in [6.45, 7) is 5.97. The van der Waals surface area contributed by atoms with Crippen LogP contribution < -0.4 is 10.6 Å². The number of nitrogens with zero attached hydrogens (tertiary/aromatic N) is 3. The molecule has 1 unspecified atom stereocenters. The van der Waals surface area contributed by atoms with Gasteiger partial charge in [-0.3, -0.25) is 4.79 Å². The van der Waals surface area contributed by atoms with Crippen molar-refractivity contribution >= 4 is 34.8 Å². The van der Waals surface area contributed by atoms with Crippen LogP contribution in [0.3, 0.4) is 0 Å². The Morgan fingerprint density at radius 1 is 1.24 bits per heavy atom. The molecule has 2 aromatic heterocycles. The van der Waals surface area contributed by atoms with E-state index >= 15 is 0 Å². The zero-order valence-electron chi connectivity index (χ0n) is 19.3. The monoisotopic (exact) mass is 481 g/mol. The van der Waals surface area contributed by atoms with Gasteiger partial charge < -0.3 is 20.5 Å². The molecule has 1 aliphatic rings. The molecule has 0 radical (unpaired) electrons. The third kappa shape index (κ3) is 4.73. The van der Waals surface area contributed by atoms with Crippen molar-refractivity contribution in [2.75, 3.05) is 23.8 Å². The summed E-state index contributed by atoms with van der Waals surface area (Å²) in [6.07, 6.45) is 1.11. The smallest absolute Gasteiger partial charge is 0.338 e. The first kappa shape index (κ1) is 23.7. The second kappa shape index (κ2) is 10.2. The predicted octanol–water partition coefficient (Wildman–Crippen LogP) is 3.68. The van der Waals surface area contributed by atoms with Gasteiger partial charge in [-0.25, -0.2) is 9.48 Å². The number of fused-ring (bicyclic) bond motifs is 1. The number of esters is 1. The number of allylic oxidation sites excluding steroid dienone is 1. The highest BCUT2D eigenvalue weighted by Crippen LogP contribution is 2.39. The highest BCUT2D eigenvalue weighted by Gasteiger charge is 2.35. The van der Waals surface area contributed by atoms with E-state index in [1.165, 1.54) is 0 Å². The van der Waals surface area contributed by atoms with E-state index in [0.717, 1.165) is 10.4 Å². The predicted molar refractivity (Wildman–Crippen MR) is 130 cm³/mol. The van der Waals surface area contributed by atoms with E-state index in [1.807, 2.05) is 25.3 Å². The molecule has 178 valence electrons. The molecule has 0 saturated heterocycles. The lowest BCUT2D eigenvalue weighted by atomic mass is 9.98. The average Bonchev–Trinajstić information content (AvgIpc) is 3.42. The number of rotatable bonds is 8. The first-order valence-corrected chi connectivity index (χ1v) is 12.0. The summed E-state index contributed by atoms with van der Waals surface area (Å²) in [4.78, 5) is 31.0. The normalized spacial score (nSPS) is 15.0. The number of aryl methyl sites for hydroxylation is 2. The van der Waals surface area contributed by atoms with E-state index in [-0.39, 0.29) is 12.5 Å². The second-order valence-electron chi connectivity index (χ2n) is 7.91. The number of aliphatic hydroxyl groups excluding tert-OH is 1. The summed E-state index contributed by atoms with van der Waals surface area (Å²) < 4.78 is 6.76. The van der Waals surface area contributed by atoms with Crippen LogP contribution in [0.4, 0.5) is 11.6 Å². The Kier molecular flexibility index (Phi) is 7.09. The molecule has 0 spiro atoms. The van der Waals surface area contributed by atoms with Crippen LogP contribution in [0.25, 0.3) is 0 Å². The molecule has 1 aromatic carbocycles. The Morgan fingerprint density at radius 3 is 2.65 bits per heavy atom. The summed E-state index contributed by atoms with van der Waals surface area (Å²) in [7, 11) is 0. The molecule has 0 saturated carbocycles. The number of benzene rings is 1. The maximum Gasteiger partial charge on any atom is 0.338 e. The van der Waals surface area contributed by atoms with Crippen LogP contribution >= 0.6 is 11.3 Å². The molecule has 3 aromatic rings. The number of anilines is 2. The molecule has 10 heteroatoms. The van der Waals surface area contributed by atoms with Crippen molar-refractivity contribution in [2.45, 2.75) is 39.7 Å². The molecular weight excluding hydrogens is 454 g/mol. The number of aliphatic hydroxyl groups is 1. The van der Waals surface area contributed by atoms with Crippen molar-refractivity contribution in [3.63, 3.8) is 0 Å². The van der Waals surface area contributed by atoms with Gasteiger partial charge in [-0.15, -0.1) is 11.3 Å². The SMILES string of the molecule is CCOC(=O)c1ccc(NC(=O)C2=C(C)Nc3nc(CCCO)nn3C2c2sccc2C)cc1. The highest BCUT2D eigenvalue weighted by atomic mass is 32.1. The zero-order valence-corrected chi connectivity index (χ0v) is 20.1. The molecule has 1 aliphatic heterocycles. The van der Waals surface area contributed by atoms with Crippen molar-refractivity contribution in [3.05, 3.63) is 68.8 Å². The molecule has 0 bridgehead atoms. The van der Waals surface area contributed by atoms with Crippen LogP contribution in [0, 0.1) is 6.92 Å². The number of nitrogens with one attached hydrogen (secondary N) is 2. The second-order valence-corrected chi connectivity index (χ2v) is 8.86. The van der Waals surface area contributed by atoms with Gasteiger partial charge in [0.25, 0.3) is 5.91 Å². The van der Waals surface area contributed by atoms with Crippen molar-refractivity contribution in [2.24, 2.45) is 0 Å². The quantitative estimate of drug-likeness (QED) is 0.420. The minimum atomic E-state index is -0.439. The van der Waals surface area contributed by atoms with Gasteiger partial charge in [0.15, 0.2) is 5.82 Å². The number of hydrogen-bond donors (Lipinski definition) is 3. The number of hydrogen-bond acceptors (Lipinski definition) is 8. The van der Waals surface area contributed by atoms with Crippen LogP contribution in [0.5, 0.6) is 0 Å². The van der Waals surface area contributed by atoms with Crippen molar-refractivity contribution < 1.29 is 19.4 Å². The molecule has 34 heavy (non-hydrogen) atoms. The largest absolute Gasteiger partial charge is 0.462 e. The van der Waals surface area contributed by atoms with Gasteiger partial charge in [0, 0.05) is 29.3 Å². The van der Waals surface area contributed by atoms with E-state index in [0.29, 0.717) is 53.7 Å². The Hall–Kier alpha value is -3.50. The topological polar surface area (TPSA) is 118 Å². The minimum absolute atomic E-state index is 0.0602. The summed E-state index contributed by atoms with van der Waals surface area (Å²) in [5.41, 5.74) is 3.27. The molecule has 0 aliphatic carbocycles. The van der Waals surface area contributed by atoms with Gasteiger partial charge in [-0.05, 0) is 68.5 Å². The molecule has 4 rings (SSSR count). The van der Waals surface area contributed by atoms with Crippen molar-refractivity contribution in [3.8, 4) is 0 Å². The number of carbonyl (C=O) groups excluding carboxylic acids is 2. The lowest BCUT2D eigenvalue weighted by Gasteiger charge is -2.28. The standard InChI is InChI=1S/C24H27N5O4S/c1-4-33-23(32)16-7-9-17(10-8-16)26-22(31)19-15(3)25-24-27-18(6-5-12-30)28-29(24)20(19)21-14(2)11-13-34-21/h7-11,13,20,30H,4-6,12H2,1-3H3,(H,26,31)(H,25,27,28). The number of amides is 1. The summed E-state index contributed by atoms with van der Waals surface area (Å²) >= 11 is 1.56. The fourth-order valence-electron chi connectivity index (χ4n) is 3.84. The van der Waals surface area contributed by atoms with Gasteiger partial charge in [-0.1, -0.05) is 0 Å². The van der Waals surface area contributed by atoms with Crippen molar-refractivity contribution in [1.82, 2.24) is 14.8 Å². The van der Waals surface area contributed by atoms with Crippen LogP contribution in [0.15, 0.2) is 47.0 Å². The highest BCUT2D eigenvalue weighted by molar-refractivity contribution is 7.10. The summed E-state index contributed by atoms with van der Waals surface area (Å²) in [6, 6.07) is 8.18. The molecule has 0 fully saturated rings. The first-order valence-electron chi connectivity index (χ1n) is 11.1. The Bertz CT molecular complexity index is 1230. The van der Waals surface area contributed by atoms with Gasteiger partial charge in [0.1, 0.15) is 6.04 Å². The summed E-state index contributed by atoms with van der Waals surface area (Å²) in [5, 5.41) is 22.0.